The van der Waals surface area contributed by atoms with Crippen LogP contribution in [0.5, 0.6) is 0 Å². The summed E-state index contributed by atoms with van der Waals surface area (Å²) in [6, 6.07) is 7.54. The van der Waals surface area contributed by atoms with E-state index in [4.69, 9.17) is 0 Å². The van der Waals surface area contributed by atoms with Crippen molar-refractivity contribution in [2.24, 2.45) is 10.8 Å². The second-order valence-electron chi connectivity index (χ2n) is 6.84. The highest BCUT2D eigenvalue weighted by atomic mass is 32.2. The van der Waals surface area contributed by atoms with Crippen LogP contribution in [0.3, 0.4) is 0 Å². The molecule has 0 atom stereocenters. The standard InChI is InChI=1S/C16H25NO2S/c1-6-11-20(18,19)13-10-8-7-9-12(13)17-14-15(2,3)16(14,4)5/h7-10,14,17H,6,11H2,1-5H3. The first-order valence-corrected chi connectivity index (χ1v) is 8.88. The molecule has 3 nitrogen and oxygen atoms in total. The summed E-state index contributed by atoms with van der Waals surface area (Å²) in [6.45, 7) is 10.8. The molecule has 1 aliphatic rings. The molecule has 0 saturated heterocycles. The number of rotatable bonds is 5. The van der Waals surface area contributed by atoms with E-state index >= 15 is 0 Å². The molecule has 112 valence electrons. The van der Waals surface area contributed by atoms with Crippen LogP contribution in [0, 0.1) is 10.8 Å². The predicted octanol–water partition coefficient (Wildman–Crippen LogP) is 3.72. The quantitative estimate of drug-likeness (QED) is 0.900. The van der Waals surface area contributed by atoms with Crippen LogP contribution < -0.4 is 5.32 Å². The SMILES string of the molecule is CCCS(=O)(=O)c1ccccc1NC1C(C)(C)C1(C)C. The van der Waals surface area contributed by atoms with Crippen molar-refractivity contribution in [2.75, 3.05) is 11.1 Å². The Balaban J connectivity index is 2.32. The highest BCUT2D eigenvalue weighted by molar-refractivity contribution is 7.91. The molecule has 0 aliphatic heterocycles. The molecule has 20 heavy (non-hydrogen) atoms. The number of nitrogens with one attached hydrogen (secondary N) is 1. The van der Waals surface area contributed by atoms with E-state index in [-0.39, 0.29) is 16.6 Å². The summed E-state index contributed by atoms with van der Waals surface area (Å²) in [5.74, 6) is 0.198. The van der Waals surface area contributed by atoms with Gasteiger partial charge < -0.3 is 5.32 Å². The van der Waals surface area contributed by atoms with Crippen LogP contribution in [0.1, 0.15) is 41.0 Å². The first-order chi connectivity index (χ1) is 9.14. The second kappa shape index (κ2) is 4.76. The van der Waals surface area contributed by atoms with Gasteiger partial charge in [-0.1, -0.05) is 46.8 Å². The minimum Gasteiger partial charge on any atom is -0.380 e. The van der Waals surface area contributed by atoms with E-state index in [9.17, 15) is 8.42 Å². The Kier molecular flexibility index (Phi) is 3.66. The normalized spacial score (nSPS) is 20.6. The molecule has 0 radical (unpaired) electrons. The van der Waals surface area contributed by atoms with Gasteiger partial charge in [0.15, 0.2) is 9.84 Å². The Labute approximate surface area is 122 Å². The van der Waals surface area contributed by atoms with Gasteiger partial charge in [0, 0.05) is 6.04 Å². The third kappa shape index (κ3) is 2.34. The zero-order chi connectivity index (χ0) is 15.2. The van der Waals surface area contributed by atoms with Gasteiger partial charge in [-0.3, -0.25) is 0 Å². The van der Waals surface area contributed by atoms with Crippen LogP contribution in [0.15, 0.2) is 29.2 Å². The van der Waals surface area contributed by atoms with Gasteiger partial charge in [0.05, 0.1) is 16.3 Å². The van der Waals surface area contributed by atoms with Gasteiger partial charge in [0.2, 0.25) is 0 Å². The summed E-state index contributed by atoms with van der Waals surface area (Å²) in [5.41, 5.74) is 1.09. The van der Waals surface area contributed by atoms with Crippen LogP contribution in [0.25, 0.3) is 0 Å². The minimum atomic E-state index is -3.20. The smallest absolute Gasteiger partial charge is 0.180 e. The van der Waals surface area contributed by atoms with Crippen molar-refractivity contribution in [3.05, 3.63) is 24.3 Å². The largest absolute Gasteiger partial charge is 0.380 e. The third-order valence-electron chi connectivity index (χ3n) is 5.02. The average Bonchev–Trinajstić information content (AvgIpc) is 2.72. The molecule has 1 aromatic carbocycles. The minimum absolute atomic E-state index is 0.175. The topological polar surface area (TPSA) is 46.2 Å². The molecule has 0 unspecified atom stereocenters. The molecular weight excluding hydrogens is 270 g/mol. The maximum absolute atomic E-state index is 12.3. The number of hydrogen-bond acceptors (Lipinski definition) is 3. The lowest BCUT2D eigenvalue weighted by Crippen LogP contribution is -2.15. The molecule has 0 spiro atoms. The number of hydrogen-bond donors (Lipinski definition) is 1. The molecule has 2 rings (SSSR count). The van der Waals surface area contributed by atoms with Crippen LogP contribution in [-0.2, 0) is 9.84 Å². The van der Waals surface area contributed by atoms with Crippen LogP contribution in [-0.4, -0.2) is 20.2 Å². The zero-order valence-corrected chi connectivity index (χ0v) is 13.8. The Bertz CT molecular complexity index is 589. The molecule has 1 N–H and O–H groups in total. The van der Waals surface area contributed by atoms with Crippen molar-refractivity contribution in [1.82, 2.24) is 0 Å². The van der Waals surface area contributed by atoms with Gasteiger partial charge in [-0.05, 0) is 29.4 Å². The Morgan fingerprint density at radius 3 is 2.15 bits per heavy atom. The molecule has 1 saturated carbocycles. The van der Waals surface area contributed by atoms with E-state index in [0.717, 1.165) is 5.69 Å². The monoisotopic (exact) mass is 295 g/mol. The maximum atomic E-state index is 12.3. The molecule has 4 heteroatoms. The van der Waals surface area contributed by atoms with Gasteiger partial charge in [-0.15, -0.1) is 0 Å². The summed E-state index contributed by atoms with van der Waals surface area (Å²) >= 11 is 0. The zero-order valence-electron chi connectivity index (χ0n) is 13.0. The van der Waals surface area contributed by atoms with Crippen LogP contribution in [0.4, 0.5) is 5.69 Å². The van der Waals surface area contributed by atoms with E-state index in [1.165, 1.54) is 0 Å². The number of sulfone groups is 1. The molecule has 0 amide bonds. The van der Waals surface area contributed by atoms with Crippen molar-refractivity contribution >= 4 is 15.5 Å². The first-order valence-electron chi connectivity index (χ1n) is 7.23. The second-order valence-corrected chi connectivity index (χ2v) is 8.91. The lowest BCUT2D eigenvalue weighted by atomic mass is 10.0. The third-order valence-corrected chi connectivity index (χ3v) is 6.99. The summed E-state index contributed by atoms with van der Waals surface area (Å²) in [6.07, 6.45) is 0.636. The van der Waals surface area contributed by atoms with Gasteiger partial charge in [-0.25, -0.2) is 8.42 Å². The number of benzene rings is 1. The van der Waals surface area contributed by atoms with Crippen molar-refractivity contribution in [2.45, 2.75) is 52.0 Å². The summed E-state index contributed by atoms with van der Waals surface area (Å²) in [4.78, 5) is 0.431. The van der Waals surface area contributed by atoms with Crippen LogP contribution >= 0.6 is 0 Å². The average molecular weight is 295 g/mol. The Hall–Kier alpha value is -1.03. The van der Waals surface area contributed by atoms with Crippen molar-refractivity contribution in [3.8, 4) is 0 Å². The van der Waals surface area contributed by atoms with Gasteiger partial charge in [0.25, 0.3) is 0 Å². The van der Waals surface area contributed by atoms with E-state index in [1.54, 1.807) is 12.1 Å². The summed E-state index contributed by atoms with van der Waals surface area (Å²) in [7, 11) is -3.20. The molecular formula is C16H25NO2S. The highest BCUT2D eigenvalue weighted by Crippen LogP contribution is 2.63. The number of para-hydroxylation sites is 1. The van der Waals surface area contributed by atoms with E-state index in [0.29, 0.717) is 17.4 Å². The first kappa shape index (κ1) is 15.4. The van der Waals surface area contributed by atoms with Crippen molar-refractivity contribution in [1.29, 1.82) is 0 Å². The molecule has 0 bridgehead atoms. The summed E-state index contributed by atoms with van der Waals surface area (Å²) < 4.78 is 24.7. The molecule has 1 aliphatic carbocycles. The fourth-order valence-electron chi connectivity index (χ4n) is 2.95. The molecule has 0 heterocycles. The Morgan fingerprint density at radius 2 is 1.65 bits per heavy atom. The van der Waals surface area contributed by atoms with E-state index in [2.05, 4.69) is 33.0 Å². The fraction of sp³-hybridized carbons (Fsp3) is 0.625. The lowest BCUT2D eigenvalue weighted by molar-refractivity contribution is 0.457. The van der Waals surface area contributed by atoms with Gasteiger partial charge >= 0.3 is 0 Å². The van der Waals surface area contributed by atoms with Gasteiger partial charge in [0.1, 0.15) is 0 Å². The Morgan fingerprint density at radius 1 is 1.10 bits per heavy atom. The highest BCUT2D eigenvalue weighted by Gasteiger charge is 2.65. The molecule has 0 aromatic heterocycles. The number of anilines is 1. The maximum Gasteiger partial charge on any atom is 0.180 e. The fourth-order valence-corrected chi connectivity index (χ4v) is 4.45. The van der Waals surface area contributed by atoms with Crippen LogP contribution in [0.2, 0.25) is 0 Å². The molecule has 1 aromatic rings. The van der Waals surface area contributed by atoms with Crippen molar-refractivity contribution < 1.29 is 8.42 Å². The van der Waals surface area contributed by atoms with E-state index < -0.39 is 9.84 Å². The van der Waals surface area contributed by atoms with E-state index in [1.807, 2.05) is 19.1 Å². The lowest BCUT2D eigenvalue weighted by Gasteiger charge is -2.13. The van der Waals surface area contributed by atoms with Crippen molar-refractivity contribution in [3.63, 3.8) is 0 Å². The van der Waals surface area contributed by atoms with Gasteiger partial charge in [-0.2, -0.15) is 0 Å². The summed E-state index contributed by atoms with van der Waals surface area (Å²) in [5, 5.41) is 3.45. The molecule has 1 fully saturated rings. The predicted molar refractivity (Wildman–Crippen MR) is 83.8 cm³/mol.